The van der Waals surface area contributed by atoms with Gasteiger partial charge < -0.3 is 20.4 Å². The fourth-order valence-electron chi connectivity index (χ4n) is 8.70. The van der Waals surface area contributed by atoms with Gasteiger partial charge in [-0.1, -0.05) is 54.9 Å². The highest BCUT2D eigenvalue weighted by Gasteiger charge is 2.65. The first-order valence-electron chi connectivity index (χ1n) is 14.7. The van der Waals surface area contributed by atoms with Crippen molar-refractivity contribution in [2.45, 2.75) is 90.2 Å². The Morgan fingerprint density at radius 3 is 2.48 bits per heavy atom. The van der Waals surface area contributed by atoms with Crippen LogP contribution in [-0.4, -0.2) is 51.8 Å². The zero-order valence-electron chi connectivity index (χ0n) is 23.8. The summed E-state index contributed by atoms with van der Waals surface area (Å²) in [4.78, 5) is 41.9. The maximum absolute atomic E-state index is 12.5. The van der Waals surface area contributed by atoms with E-state index in [-0.39, 0.29) is 29.6 Å². The van der Waals surface area contributed by atoms with Crippen molar-refractivity contribution in [3.05, 3.63) is 47.5 Å². The molecule has 0 heterocycles. The molecule has 3 saturated carbocycles. The van der Waals surface area contributed by atoms with Crippen molar-refractivity contribution in [2.75, 3.05) is 6.61 Å². The fourth-order valence-corrected chi connectivity index (χ4v) is 8.70. The third kappa shape index (κ3) is 4.89. The molecule has 7 atom stereocenters. The van der Waals surface area contributed by atoms with E-state index in [1.807, 2.05) is 30.3 Å². The number of amides is 1. The summed E-state index contributed by atoms with van der Waals surface area (Å²) < 4.78 is 0. The Hall–Kier alpha value is -3.00. The molecule has 0 saturated heterocycles. The first kappa shape index (κ1) is 28.5. The molecule has 8 nitrogen and oxygen atoms in total. The lowest BCUT2D eigenvalue weighted by atomic mass is 9.46. The van der Waals surface area contributed by atoms with Crippen LogP contribution in [-0.2, 0) is 25.6 Å². The molecule has 0 spiro atoms. The number of aliphatic hydroxyl groups is 1. The number of carboxylic acid groups (broad SMARTS) is 1. The molecule has 3 fully saturated rings. The molecular formula is C32H42N2O6. The number of carboxylic acids is 1. The molecule has 8 heteroatoms. The number of fused-ring (bicyclic) bond motifs is 5. The van der Waals surface area contributed by atoms with E-state index in [1.54, 1.807) is 6.92 Å². The van der Waals surface area contributed by atoms with Gasteiger partial charge in [-0.15, -0.1) is 0 Å². The second-order valence-electron chi connectivity index (χ2n) is 12.9. The van der Waals surface area contributed by atoms with Gasteiger partial charge in [0.1, 0.15) is 11.6 Å². The SMILES string of the molecule is CC(=O)[C@@]1(O)CC[C@H]2[C@@H]3CCC4=CC(=NOCC(=O)N[C@@H](Cc5ccccc5)C(=O)O)CC[C@]4(C)[C@H]3CC[C@@]21C. The number of carbonyl (C=O) groups excluding carboxylic acids is 2. The van der Waals surface area contributed by atoms with Crippen LogP contribution in [0.15, 0.2) is 47.1 Å². The third-order valence-corrected chi connectivity index (χ3v) is 11.0. The van der Waals surface area contributed by atoms with E-state index in [4.69, 9.17) is 4.84 Å². The number of carbonyl (C=O) groups is 3. The number of nitrogens with one attached hydrogen (secondary N) is 1. The summed E-state index contributed by atoms with van der Waals surface area (Å²) in [7, 11) is 0. The van der Waals surface area contributed by atoms with Gasteiger partial charge in [-0.05, 0) is 93.1 Å². The van der Waals surface area contributed by atoms with Gasteiger partial charge in [-0.2, -0.15) is 0 Å². The molecule has 0 radical (unpaired) electrons. The second-order valence-corrected chi connectivity index (χ2v) is 12.9. The minimum Gasteiger partial charge on any atom is -0.480 e. The molecular weight excluding hydrogens is 508 g/mol. The third-order valence-electron chi connectivity index (χ3n) is 11.0. The Morgan fingerprint density at radius 2 is 1.77 bits per heavy atom. The standard InChI is InChI=1S/C32H42N2O6/c1-20(35)32(39)16-13-26-24-10-9-22-18-23(11-14-30(22,2)25(24)12-15-31(26,32)3)34-40-19-28(36)33-27(29(37)38)17-21-7-5-4-6-8-21/h4-8,18,24-27,39H,9-17,19H2,1-3H3,(H,33,36)(H,37,38)/t24-,25+,26+,27+,30+,31+,32+/m1/s1. The van der Waals surface area contributed by atoms with E-state index in [1.165, 1.54) is 5.57 Å². The minimum atomic E-state index is -1.19. The molecule has 4 aliphatic rings. The lowest BCUT2D eigenvalue weighted by Gasteiger charge is -2.59. The zero-order valence-corrected chi connectivity index (χ0v) is 23.8. The van der Waals surface area contributed by atoms with Crippen LogP contribution >= 0.6 is 0 Å². The molecule has 5 rings (SSSR count). The summed E-state index contributed by atoms with van der Waals surface area (Å²) >= 11 is 0. The summed E-state index contributed by atoms with van der Waals surface area (Å²) in [6, 6.07) is 8.14. The number of nitrogens with zero attached hydrogens (tertiary/aromatic N) is 1. The molecule has 0 bridgehead atoms. The Morgan fingerprint density at radius 1 is 1.05 bits per heavy atom. The van der Waals surface area contributed by atoms with Crippen LogP contribution in [0.2, 0.25) is 0 Å². The predicted octanol–water partition coefficient (Wildman–Crippen LogP) is 4.45. The van der Waals surface area contributed by atoms with Crippen molar-refractivity contribution >= 4 is 23.4 Å². The molecule has 40 heavy (non-hydrogen) atoms. The second kappa shape index (κ2) is 10.8. The fraction of sp³-hybridized carbons (Fsp3) is 0.625. The number of hydrogen-bond acceptors (Lipinski definition) is 6. The van der Waals surface area contributed by atoms with Gasteiger partial charge in [0.05, 0.1) is 5.71 Å². The number of Topliss-reactive ketones (excluding diaryl/α,β-unsaturated/α-hetero) is 1. The molecule has 0 aliphatic heterocycles. The quantitative estimate of drug-likeness (QED) is 0.411. The van der Waals surface area contributed by atoms with Crippen LogP contribution in [0, 0.1) is 28.6 Å². The molecule has 3 N–H and O–H groups in total. The van der Waals surface area contributed by atoms with Crippen molar-refractivity contribution in [3.8, 4) is 0 Å². The van der Waals surface area contributed by atoms with Crippen LogP contribution < -0.4 is 5.32 Å². The number of oxime groups is 1. The number of aliphatic carboxylic acids is 1. The lowest BCUT2D eigenvalue weighted by molar-refractivity contribution is -0.159. The molecule has 1 aromatic carbocycles. The average molecular weight is 551 g/mol. The lowest BCUT2D eigenvalue weighted by Crippen LogP contribution is -2.57. The molecule has 0 unspecified atom stereocenters. The number of benzene rings is 1. The Balaban J connectivity index is 1.20. The maximum Gasteiger partial charge on any atom is 0.326 e. The Labute approximate surface area is 236 Å². The summed E-state index contributed by atoms with van der Waals surface area (Å²) in [6.07, 6.45) is 9.42. The Kier molecular flexibility index (Phi) is 7.68. The van der Waals surface area contributed by atoms with E-state index < -0.39 is 23.5 Å². The van der Waals surface area contributed by atoms with Crippen molar-refractivity contribution in [1.29, 1.82) is 0 Å². The van der Waals surface area contributed by atoms with Crippen LogP contribution in [0.3, 0.4) is 0 Å². The summed E-state index contributed by atoms with van der Waals surface area (Å²) in [5.41, 5.74) is 1.54. The number of rotatable bonds is 8. The molecule has 0 aromatic heterocycles. The van der Waals surface area contributed by atoms with E-state index in [2.05, 4.69) is 30.4 Å². The van der Waals surface area contributed by atoms with Crippen molar-refractivity contribution in [1.82, 2.24) is 5.32 Å². The first-order chi connectivity index (χ1) is 19.0. The van der Waals surface area contributed by atoms with Crippen LogP contribution in [0.4, 0.5) is 0 Å². The van der Waals surface area contributed by atoms with E-state index in [9.17, 15) is 24.6 Å². The molecule has 216 valence electrons. The predicted molar refractivity (Wildman–Crippen MR) is 150 cm³/mol. The Bertz CT molecular complexity index is 1230. The van der Waals surface area contributed by atoms with Gasteiger partial charge in [-0.25, -0.2) is 4.79 Å². The highest BCUT2D eigenvalue weighted by molar-refractivity contribution is 5.96. The van der Waals surface area contributed by atoms with E-state index in [0.717, 1.165) is 56.2 Å². The highest BCUT2D eigenvalue weighted by atomic mass is 16.6. The summed E-state index contributed by atoms with van der Waals surface area (Å²) in [6.45, 7) is 5.72. The minimum absolute atomic E-state index is 0.0592. The smallest absolute Gasteiger partial charge is 0.326 e. The van der Waals surface area contributed by atoms with Gasteiger partial charge >= 0.3 is 5.97 Å². The van der Waals surface area contributed by atoms with Crippen LogP contribution in [0.25, 0.3) is 0 Å². The van der Waals surface area contributed by atoms with Gasteiger partial charge in [0.2, 0.25) is 0 Å². The van der Waals surface area contributed by atoms with Gasteiger partial charge in [0, 0.05) is 11.8 Å². The molecule has 1 amide bonds. The monoisotopic (exact) mass is 550 g/mol. The summed E-state index contributed by atoms with van der Waals surface area (Å²) in [5.74, 6) is -0.306. The zero-order chi connectivity index (χ0) is 28.7. The van der Waals surface area contributed by atoms with E-state index in [0.29, 0.717) is 24.2 Å². The van der Waals surface area contributed by atoms with Crippen LogP contribution in [0.5, 0.6) is 0 Å². The van der Waals surface area contributed by atoms with E-state index >= 15 is 0 Å². The topological polar surface area (TPSA) is 125 Å². The molecule has 1 aromatic rings. The average Bonchev–Trinajstić information content (AvgIpc) is 3.20. The normalized spacial score (nSPS) is 36.5. The van der Waals surface area contributed by atoms with Gasteiger partial charge in [0.25, 0.3) is 5.91 Å². The van der Waals surface area contributed by atoms with Crippen LogP contribution in [0.1, 0.15) is 77.7 Å². The number of ketones is 1. The first-order valence-corrected chi connectivity index (χ1v) is 14.7. The highest BCUT2D eigenvalue weighted by Crippen LogP contribution is 2.67. The van der Waals surface area contributed by atoms with Gasteiger partial charge in [-0.3, -0.25) is 9.59 Å². The largest absolute Gasteiger partial charge is 0.480 e. The van der Waals surface area contributed by atoms with Crippen molar-refractivity contribution < 1.29 is 29.4 Å². The summed E-state index contributed by atoms with van der Waals surface area (Å²) in [5, 5.41) is 27.7. The van der Waals surface area contributed by atoms with Crippen molar-refractivity contribution in [3.63, 3.8) is 0 Å². The molecule has 4 aliphatic carbocycles. The maximum atomic E-state index is 12.5. The van der Waals surface area contributed by atoms with Gasteiger partial charge in [0.15, 0.2) is 12.4 Å². The van der Waals surface area contributed by atoms with Crippen molar-refractivity contribution in [2.24, 2.45) is 33.7 Å². The number of allylic oxidation sites excluding steroid dienone is 2. The number of hydrogen-bond donors (Lipinski definition) is 3.